The second-order valence-electron chi connectivity index (χ2n) is 5.22. The molecule has 7 nitrogen and oxygen atoms in total. The molecule has 0 atom stereocenters. The molecule has 1 fully saturated rings. The molecule has 9 heteroatoms. The van der Waals surface area contributed by atoms with E-state index >= 15 is 0 Å². The van der Waals surface area contributed by atoms with Crippen molar-refractivity contribution in [2.24, 2.45) is 0 Å². The molecular formula is C15H18N2O5S2. The van der Waals surface area contributed by atoms with Gasteiger partial charge in [0.25, 0.3) is 15.9 Å². The maximum atomic E-state index is 12.4. The largest absolute Gasteiger partial charge is 0.438 e. The van der Waals surface area contributed by atoms with Gasteiger partial charge in [-0.1, -0.05) is 6.07 Å². The molecule has 24 heavy (non-hydrogen) atoms. The van der Waals surface area contributed by atoms with Crippen LogP contribution in [-0.4, -0.2) is 51.5 Å². The highest BCUT2D eigenvalue weighted by molar-refractivity contribution is 7.89. The maximum Gasteiger partial charge on any atom is 0.287 e. The Morgan fingerprint density at radius 3 is 2.75 bits per heavy atom. The number of furan rings is 1. The van der Waals surface area contributed by atoms with Crippen LogP contribution in [0.5, 0.6) is 0 Å². The number of thiophene rings is 1. The van der Waals surface area contributed by atoms with Gasteiger partial charge >= 0.3 is 0 Å². The zero-order valence-electron chi connectivity index (χ0n) is 12.9. The van der Waals surface area contributed by atoms with Gasteiger partial charge < -0.3 is 14.5 Å². The minimum atomic E-state index is -3.72. The van der Waals surface area contributed by atoms with E-state index < -0.39 is 15.9 Å². The molecule has 0 unspecified atom stereocenters. The predicted molar refractivity (Wildman–Crippen MR) is 88.6 cm³/mol. The molecule has 0 aliphatic carbocycles. The van der Waals surface area contributed by atoms with Crippen LogP contribution >= 0.6 is 11.3 Å². The van der Waals surface area contributed by atoms with Crippen LogP contribution in [0, 0.1) is 0 Å². The Hall–Kier alpha value is -1.68. The monoisotopic (exact) mass is 370 g/mol. The van der Waals surface area contributed by atoms with E-state index in [0.29, 0.717) is 19.8 Å². The lowest BCUT2D eigenvalue weighted by Crippen LogP contribution is -2.40. The van der Waals surface area contributed by atoms with Crippen molar-refractivity contribution >= 4 is 27.3 Å². The summed E-state index contributed by atoms with van der Waals surface area (Å²) in [4.78, 5) is 13.2. The number of nitrogens with zero attached hydrogens (tertiary/aromatic N) is 1. The third kappa shape index (κ3) is 3.86. The van der Waals surface area contributed by atoms with E-state index in [4.69, 9.17) is 9.15 Å². The number of carbonyl (C=O) groups is 1. The predicted octanol–water partition coefficient (Wildman–Crippen LogP) is 1.33. The van der Waals surface area contributed by atoms with Crippen LogP contribution in [0.4, 0.5) is 0 Å². The van der Waals surface area contributed by atoms with Crippen molar-refractivity contribution in [3.63, 3.8) is 0 Å². The fourth-order valence-corrected chi connectivity index (χ4v) is 4.36. The van der Waals surface area contributed by atoms with Gasteiger partial charge in [-0.05, 0) is 30.0 Å². The van der Waals surface area contributed by atoms with Gasteiger partial charge in [-0.15, -0.1) is 11.3 Å². The summed E-state index contributed by atoms with van der Waals surface area (Å²) in [6, 6.07) is 6.65. The molecule has 0 bridgehead atoms. The van der Waals surface area contributed by atoms with Gasteiger partial charge in [-0.3, -0.25) is 4.79 Å². The molecule has 1 amide bonds. The molecule has 1 saturated heterocycles. The minimum absolute atomic E-state index is 0.00647. The van der Waals surface area contributed by atoms with E-state index in [1.54, 1.807) is 11.3 Å². The summed E-state index contributed by atoms with van der Waals surface area (Å²) in [6.45, 7) is 1.74. The topological polar surface area (TPSA) is 88.9 Å². The summed E-state index contributed by atoms with van der Waals surface area (Å²) in [5.74, 6) is -0.428. The molecule has 0 radical (unpaired) electrons. The third-order valence-electron chi connectivity index (χ3n) is 3.61. The Kier molecular flexibility index (Phi) is 5.34. The highest BCUT2D eigenvalue weighted by atomic mass is 32.2. The van der Waals surface area contributed by atoms with Crippen molar-refractivity contribution in [3.05, 3.63) is 40.3 Å². The fourth-order valence-electron chi connectivity index (χ4n) is 2.34. The summed E-state index contributed by atoms with van der Waals surface area (Å²) in [6.07, 6.45) is 0.725. The first kappa shape index (κ1) is 17.2. The van der Waals surface area contributed by atoms with E-state index in [9.17, 15) is 13.2 Å². The number of carbonyl (C=O) groups excluding carboxylic acids is 1. The molecule has 0 saturated carbocycles. The molecule has 0 spiro atoms. The Labute approximate surface area is 144 Å². The fraction of sp³-hybridized carbons (Fsp3) is 0.400. The molecule has 2 aromatic heterocycles. The van der Waals surface area contributed by atoms with E-state index in [0.717, 1.165) is 6.42 Å². The molecule has 0 aromatic carbocycles. The summed E-state index contributed by atoms with van der Waals surface area (Å²) in [5.41, 5.74) is 0. The highest BCUT2D eigenvalue weighted by Gasteiger charge is 2.29. The van der Waals surface area contributed by atoms with Crippen LogP contribution in [0.3, 0.4) is 0 Å². The number of hydrogen-bond acceptors (Lipinski definition) is 6. The number of morpholine rings is 1. The van der Waals surface area contributed by atoms with Crippen molar-refractivity contribution in [1.82, 2.24) is 9.62 Å². The Bertz CT molecular complexity index is 777. The molecule has 130 valence electrons. The maximum absolute atomic E-state index is 12.4. The lowest BCUT2D eigenvalue weighted by Gasteiger charge is -2.24. The SMILES string of the molecule is O=C(NCCc1cccs1)c1ccc(S(=O)(=O)N2CCOCC2)o1. The summed E-state index contributed by atoms with van der Waals surface area (Å²) >= 11 is 1.62. The van der Waals surface area contributed by atoms with E-state index in [1.165, 1.54) is 21.3 Å². The van der Waals surface area contributed by atoms with Gasteiger partial charge in [0.1, 0.15) is 0 Å². The smallest absolute Gasteiger partial charge is 0.287 e. The Morgan fingerprint density at radius 1 is 1.25 bits per heavy atom. The first-order valence-electron chi connectivity index (χ1n) is 7.56. The van der Waals surface area contributed by atoms with Gasteiger partial charge in [0.15, 0.2) is 5.76 Å². The molecule has 3 heterocycles. The number of ether oxygens (including phenoxy) is 1. The quantitative estimate of drug-likeness (QED) is 0.829. The number of nitrogens with one attached hydrogen (secondary N) is 1. The number of hydrogen-bond donors (Lipinski definition) is 1. The van der Waals surface area contributed by atoms with Crippen molar-refractivity contribution < 1.29 is 22.4 Å². The number of sulfonamides is 1. The standard InChI is InChI=1S/C15H18N2O5S2/c18-15(16-6-5-12-2-1-11-23-12)13-3-4-14(22-13)24(19,20)17-7-9-21-10-8-17/h1-4,11H,5-10H2,(H,16,18). The van der Waals surface area contributed by atoms with E-state index in [-0.39, 0.29) is 23.9 Å². The van der Waals surface area contributed by atoms with Crippen molar-refractivity contribution in [3.8, 4) is 0 Å². The van der Waals surface area contributed by atoms with Gasteiger partial charge in [0.2, 0.25) is 5.09 Å². The molecule has 2 aromatic rings. The normalized spacial score (nSPS) is 16.2. The molecular weight excluding hydrogens is 352 g/mol. The van der Waals surface area contributed by atoms with Gasteiger partial charge in [0, 0.05) is 24.5 Å². The first-order valence-corrected chi connectivity index (χ1v) is 9.87. The van der Waals surface area contributed by atoms with Gasteiger partial charge in [0.05, 0.1) is 13.2 Å². The van der Waals surface area contributed by atoms with Crippen molar-refractivity contribution in [2.45, 2.75) is 11.5 Å². The molecule has 1 aliphatic heterocycles. The molecule has 3 rings (SSSR count). The molecule has 1 aliphatic rings. The Morgan fingerprint density at radius 2 is 2.04 bits per heavy atom. The van der Waals surface area contributed by atoms with Crippen molar-refractivity contribution in [1.29, 1.82) is 0 Å². The molecule has 1 N–H and O–H groups in total. The highest BCUT2D eigenvalue weighted by Crippen LogP contribution is 2.20. The first-order chi connectivity index (χ1) is 11.6. The second kappa shape index (κ2) is 7.47. The van der Waals surface area contributed by atoms with Crippen LogP contribution in [0.15, 0.2) is 39.2 Å². The zero-order valence-corrected chi connectivity index (χ0v) is 14.6. The lowest BCUT2D eigenvalue weighted by atomic mass is 10.3. The Balaban J connectivity index is 1.60. The van der Waals surface area contributed by atoms with Gasteiger partial charge in [-0.25, -0.2) is 8.42 Å². The second-order valence-corrected chi connectivity index (χ2v) is 8.12. The van der Waals surface area contributed by atoms with E-state index in [1.807, 2.05) is 17.5 Å². The van der Waals surface area contributed by atoms with Crippen LogP contribution in [0.1, 0.15) is 15.4 Å². The van der Waals surface area contributed by atoms with Crippen LogP contribution < -0.4 is 5.32 Å². The van der Waals surface area contributed by atoms with Crippen LogP contribution in [0.2, 0.25) is 0 Å². The average molecular weight is 370 g/mol. The van der Waals surface area contributed by atoms with E-state index in [2.05, 4.69) is 5.32 Å². The number of amides is 1. The van der Waals surface area contributed by atoms with Gasteiger partial charge in [-0.2, -0.15) is 4.31 Å². The van der Waals surface area contributed by atoms with Crippen LogP contribution in [-0.2, 0) is 21.2 Å². The third-order valence-corrected chi connectivity index (χ3v) is 6.32. The zero-order chi connectivity index (χ0) is 17.0. The lowest BCUT2D eigenvalue weighted by molar-refractivity contribution is 0.0722. The number of rotatable bonds is 6. The summed E-state index contributed by atoms with van der Waals surface area (Å²) in [5, 5.41) is 4.49. The average Bonchev–Trinajstić information content (AvgIpc) is 3.27. The van der Waals surface area contributed by atoms with Crippen molar-refractivity contribution in [2.75, 3.05) is 32.8 Å². The van der Waals surface area contributed by atoms with Crippen LogP contribution in [0.25, 0.3) is 0 Å². The summed E-state index contributed by atoms with van der Waals surface area (Å²) < 4.78 is 36.6. The minimum Gasteiger partial charge on any atom is -0.438 e. The summed E-state index contributed by atoms with van der Waals surface area (Å²) in [7, 11) is -3.72.